The number of piperidine rings is 1. The van der Waals surface area contributed by atoms with Gasteiger partial charge in [0.25, 0.3) is 0 Å². The molecule has 0 bridgehead atoms. The molecule has 1 aliphatic rings. The maximum Gasteiger partial charge on any atom is 0.129 e. The summed E-state index contributed by atoms with van der Waals surface area (Å²) in [5.41, 5.74) is 0.747. The van der Waals surface area contributed by atoms with Crippen LogP contribution < -0.4 is 5.32 Å². The van der Waals surface area contributed by atoms with Crippen LogP contribution >= 0.6 is 11.6 Å². The highest BCUT2D eigenvalue weighted by Gasteiger charge is 2.20. The monoisotopic (exact) mass is 298 g/mol. The van der Waals surface area contributed by atoms with Crippen molar-refractivity contribution >= 4 is 11.6 Å². The van der Waals surface area contributed by atoms with Crippen molar-refractivity contribution in [3.05, 3.63) is 34.6 Å². The van der Waals surface area contributed by atoms with Crippen LogP contribution in [0.2, 0.25) is 5.02 Å². The largest absolute Gasteiger partial charge is 0.316 e. The van der Waals surface area contributed by atoms with Crippen LogP contribution in [0.5, 0.6) is 0 Å². The lowest BCUT2D eigenvalue weighted by atomic mass is 9.97. The molecular weight excluding hydrogens is 275 g/mol. The second-order valence-corrected chi connectivity index (χ2v) is 6.12. The molecule has 4 heteroatoms. The van der Waals surface area contributed by atoms with E-state index in [9.17, 15) is 4.39 Å². The Morgan fingerprint density at radius 2 is 2.30 bits per heavy atom. The lowest BCUT2D eigenvalue weighted by molar-refractivity contribution is 0.164. The maximum atomic E-state index is 13.8. The molecule has 0 saturated carbocycles. The van der Waals surface area contributed by atoms with E-state index in [1.54, 1.807) is 12.1 Å². The smallest absolute Gasteiger partial charge is 0.129 e. The molecule has 1 atom stereocenters. The van der Waals surface area contributed by atoms with Crippen molar-refractivity contribution < 1.29 is 4.39 Å². The molecule has 0 radical (unpaired) electrons. The highest BCUT2D eigenvalue weighted by molar-refractivity contribution is 6.30. The van der Waals surface area contributed by atoms with Crippen LogP contribution in [0.1, 0.15) is 31.7 Å². The number of benzene rings is 1. The number of likely N-dealkylation sites (tertiary alicyclic amines) is 1. The zero-order valence-electron chi connectivity index (χ0n) is 12.2. The standard InChI is InChI=1S/C16H24ClFN2/c1-2-7-19-10-13-4-3-8-20(11-13)12-14-5-6-15(17)9-16(14)18/h5-6,9,13,19H,2-4,7-8,10-12H2,1H3. The van der Waals surface area contributed by atoms with Gasteiger partial charge in [-0.1, -0.05) is 24.6 Å². The van der Waals surface area contributed by atoms with Crippen LogP contribution in [0.15, 0.2) is 18.2 Å². The second-order valence-electron chi connectivity index (χ2n) is 5.68. The van der Waals surface area contributed by atoms with Crippen LogP contribution in [-0.4, -0.2) is 31.1 Å². The molecule has 1 fully saturated rings. The van der Waals surface area contributed by atoms with Crippen LogP contribution in [0.3, 0.4) is 0 Å². The van der Waals surface area contributed by atoms with Gasteiger partial charge in [-0.3, -0.25) is 4.90 Å². The summed E-state index contributed by atoms with van der Waals surface area (Å²) in [6.45, 7) is 7.15. The third kappa shape index (κ3) is 4.72. The molecule has 20 heavy (non-hydrogen) atoms. The van der Waals surface area contributed by atoms with E-state index in [4.69, 9.17) is 11.6 Å². The van der Waals surface area contributed by atoms with Crippen molar-refractivity contribution in [1.29, 1.82) is 0 Å². The Kier molecular flexibility index (Phi) is 6.27. The SMILES string of the molecule is CCCNCC1CCCN(Cc2ccc(Cl)cc2F)C1. The van der Waals surface area contributed by atoms with Gasteiger partial charge in [-0.2, -0.15) is 0 Å². The molecule has 1 aromatic rings. The third-order valence-corrected chi connectivity index (χ3v) is 4.11. The van der Waals surface area contributed by atoms with Gasteiger partial charge in [0.1, 0.15) is 5.82 Å². The molecule has 0 spiro atoms. The fourth-order valence-electron chi connectivity index (χ4n) is 2.84. The predicted molar refractivity (Wildman–Crippen MR) is 82.6 cm³/mol. The zero-order valence-corrected chi connectivity index (χ0v) is 12.9. The zero-order chi connectivity index (χ0) is 14.4. The normalized spacial score (nSPS) is 20.2. The Balaban J connectivity index is 1.86. The highest BCUT2D eigenvalue weighted by atomic mass is 35.5. The summed E-state index contributed by atoms with van der Waals surface area (Å²) < 4.78 is 13.8. The van der Waals surface area contributed by atoms with Gasteiger partial charge in [0.15, 0.2) is 0 Å². The fraction of sp³-hybridized carbons (Fsp3) is 0.625. The highest BCUT2D eigenvalue weighted by Crippen LogP contribution is 2.21. The number of nitrogens with zero attached hydrogens (tertiary/aromatic N) is 1. The van der Waals surface area contributed by atoms with E-state index >= 15 is 0 Å². The average Bonchev–Trinajstić information content (AvgIpc) is 2.43. The molecule has 0 aliphatic carbocycles. The average molecular weight is 299 g/mol. The molecule has 2 nitrogen and oxygen atoms in total. The van der Waals surface area contributed by atoms with E-state index in [-0.39, 0.29) is 5.82 Å². The Labute approximate surface area is 126 Å². The Hall–Kier alpha value is -0.640. The van der Waals surface area contributed by atoms with Crippen molar-refractivity contribution in [2.75, 3.05) is 26.2 Å². The third-order valence-electron chi connectivity index (χ3n) is 3.87. The minimum atomic E-state index is -0.191. The summed E-state index contributed by atoms with van der Waals surface area (Å²) in [6.07, 6.45) is 3.65. The second kappa shape index (κ2) is 7.96. The van der Waals surface area contributed by atoms with Crippen LogP contribution in [0.25, 0.3) is 0 Å². The molecule has 1 aromatic carbocycles. The Bertz CT molecular complexity index is 425. The molecule has 1 saturated heterocycles. The minimum absolute atomic E-state index is 0.191. The molecule has 0 amide bonds. The van der Waals surface area contributed by atoms with Gasteiger partial charge in [-0.25, -0.2) is 4.39 Å². The number of nitrogens with one attached hydrogen (secondary N) is 1. The van der Waals surface area contributed by atoms with Crippen LogP contribution in [-0.2, 0) is 6.54 Å². The van der Waals surface area contributed by atoms with Crippen molar-refractivity contribution in [1.82, 2.24) is 10.2 Å². The van der Waals surface area contributed by atoms with Gasteiger partial charge in [0, 0.05) is 23.7 Å². The summed E-state index contributed by atoms with van der Waals surface area (Å²) in [7, 11) is 0. The topological polar surface area (TPSA) is 15.3 Å². The molecule has 1 N–H and O–H groups in total. The van der Waals surface area contributed by atoms with Crippen LogP contribution in [0, 0.1) is 11.7 Å². The first-order valence-corrected chi connectivity index (χ1v) is 7.94. The number of rotatable bonds is 6. The molecule has 0 aromatic heterocycles. The molecule has 1 heterocycles. The van der Waals surface area contributed by atoms with E-state index < -0.39 is 0 Å². The molecule has 1 aliphatic heterocycles. The van der Waals surface area contributed by atoms with E-state index in [0.717, 1.165) is 31.7 Å². The fourth-order valence-corrected chi connectivity index (χ4v) is 2.99. The van der Waals surface area contributed by atoms with Crippen molar-refractivity contribution in [3.8, 4) is 0 Å². The van der Waals surface area contributed by atoms with Gasteiger partial charge in [-0.15, -0.1) is 0 Å². The van der Waals surface area contributed by atoms with Gasteiger partial charge in [0.2, 0.25) is 0 Å². The Morgan fingerprint density at radius 3 is 3.05 bits per heavy atom. The van der Waals surface area contributed by atoms with E-state index in [1.807, 2.05) is 0 Å². The molecule has 1 unspecified atom stereocenters. The Morgan fingerprint density at radius 1 is 1.45 bits per heavy atom. The summed E-state index contributed by atoms with van der Waals surface area (Å²) in [5, 5.41) is 3.95. The molecular formula is C16H24ClFN2. The first-order valence-electron chi connectivity index (χ1n) is 7.56. The lowest BCUT2D eigenvalue weighted by Gasteiger charge is -2.33. The van der Waals surface area contributed by atoms with Crippen LogP contribution in [0.4, 0.5) is 4.39 Å². The van der Waals surface area contributed by atoms with E-state index in [2.05, 4.69) is 17.1 Å². The van der Waals surface area contributed by atoms with Gasteiger partial charge in [-0.05, 0) is 56.9 Å². The molecule has 112 valence electrons. The summed E-state index contributed by atoms with van der Waals surface area (Å²) in [5.74, 6) is 0.495. The van der Waals surface area contributed by atoms with E-state index in [0.29, 0.717) is 17.5 Å². The van der Waals surface area contributed by atoms with Gasteiger partial charge >= 0.3 is 0 Å². The molecule has 2 rings (SSSR count). The first-order chi connectivity index (χ1) is 9.69. The summed E-state index contributed by atoms with van der Waals surface area (Å²) in [4.78, 5) is 2.36. The number of halogens is 2. The van der Waals surface area contributed by atoms with Crippen molar-refractivity contribution in [2.45, 2.75) is 32.7 Å². The first kappa shape index (κ1) is 15.7. The maximum absolute atomic E-state index is 13.8. The quantitative estimate of drug-likeness (QED) is 0.806. The van der Waals surface area contributed by atoms with Gasteiger partial charge < -0.3 is 5.32 Å². The summed E-state index contributed by atoms with van der Waals surface area (Å²) in [6, 6.07) is 4.97. The minimum Gasteiger partial charge on any atom is -0.316 e. The summed E-state index contributed by atoms with van der Waals surface area (Å²) >= 11 is 5.79. The van der Waals surface area contributed by atoms with Crippen molar-refractivity contribution in [2.24, 2.45) is 5.92 Å². The lowest BCUT2D eigenvalue weighted by Crippen LogP contribution is -2.39. The van der Waals surface area contributed by atoms with Crippen molar-refractivity contribution in [3.63, 3.8) is 0 Å². The van der Waals surface area contributed by atoms with Gasteiger partial charge in [0.05, 0.1) is 0 Å². The van der Waals surface area contributed by atoms with E-state index in [1.165, 1.54) is 25.3 Å². The predicted octanol–water partition coefficient (Wildman–Crippen LogP) is 3.69. The number of hydrogen-bond acceptors (Lipinski definition) is 2. The number of hydrogen-bond donors (Lipinski definition) is 1.